The molecule has 3 aromatic carbocycles. The Morgan fingerprint density at radius 3 is 2.58 bits per heavy atom. The van der Waals surface area contributed by atoms with Gasteiger partial charge in [0, 0.05) is 60.6 Å². The molecule has 0 aliphatic carbocycles. The van der Waals surface area contributed by atoms with Crippen molar-refractivity contribution in [3.63, 3.8) is 0 Å². The Bertz CT molecular complexity index is 1520. The summed E-state index contributed by atoms with van der Waals surface area (Å²) in [6, 6.07) is 22.7. The number of carbonyl (C=O) groups is 1. The number of carbonyl (C=O) groups excluding carboxylic acids is 1. The maximum absolute atomic E-state index is 14.5. The van der Waals surface area contributed by atoms with E-state index in [1.165, 1.54) is 0 Å². The van der Waals surface area contributed by atoms with Gasteiger partial charge in [0.1, 0.15) is 5.75 Å². The average Bonchev–Trinajstić information content (AvgIpc) is 3.46. The van der Waals surface area contributed by atoms with Crippen molar-refractivity contribution < 1.29 is 24.1 Å². The lowest BCUT2D eigenvalue weighted by molar-refractivity contribution is -0.129. The Balaban J connectivity index is 1.55. The van der Waals surface area contributed by atoms with E-state index in [-0.39, 0.29) is 25.5 Å². The molecule has 2 atom stereocenters. The third-order valence-electron chi connectivity index (χ3n) is 7.91. The first-order valence-corrected chi connectivity index (χ1v) is 15.8. The van der Waals surface area contributed by atoms with E-state index in [9.17, 15) is 4.79 Å². The molecule has 5 rings (SSSR count). The predicted octanol–water partition coefficient (Wildman–Crippen LogP) is 4.97. The minimum absolute atomic E-state index is 0.0550. The Kier molecular flexibility index (Phi) is 11.5. The van der Waals surface area contributed by atoms with Crippen LogP contribution in [0.1, 0.15) is 34.8 Å². The lowest BCUT2D eigenvalue weighted by Gasteiger charge is -2.32. The standard InChI is InChI=1S/C33H37BrN6O5/c34-29-9-4-2-6-25(29)22-33(32(42)36-14-15-40-16-20-43-21-17-40)30(28-8-3-1-7-26(28)23-37-39-35)45-31(38-33)24-10-12-27(13-11-24)44-19-5-18-41/h1-4,6-13,30,41H,5,14-23H2,(H,36,42)/t30-,33-/m1/s1. The summed E-state index contributed by atoms with van der Waals surface area (Å²) in [5.74, 6) is 0.729. The number of rotatable bonds is 14. The number of azide groups is 1. The summed E-state index contributed by atoms with van der Waals surface area (Å²) in [6.07, 6.45) is -0.0229. The molecule has 0 unspecified atom stereocenters. The molecule has 1 saturated heterocycles. The largest absolute Gasteiger partial charge is 0.494 e. The zero-order valence-electron chi connectivity index (χ0n) is 25.0. The van der Waals surface area contributed by atoms with Gasteiger partial charge in [-0.3, -0.25) is 9.69 Å². The summed E-state index contributed by atoms with van der Waals surface area (Å²) in [6.45, 7) is 4.67. The molecule has 1 fully saturated rings. The molecule has 2 aliphatic heterocycles. The SMILES string of the molecule is [N-]=[N+]=NCc1ccccc1[C@H]1OC(c2ccc(OCCCO)cc2)=N[C@@]1(Cc1ccccc1Br)C(=O)NCCN1CCOCC1. The predicted molar refractivity (Wildman–Crippen MR) is 174 cm³/mol. The van der Waals surface area contributed by atoms with Gasteiger partial charge in [-0.05, 0) is 52.6 Å². The molecular formula is C33H37BrN6O5. The van der Waals surface area contributed by atoms with Crippen molar-refractivity contribution in [2.75, 3.05) is 52.6 Å². The first-order chi connectivity index (χ1) is 22.0. The molecule has 45 heavy (non-hydrogen) atoms. The van der Waals surface area contributed by atoms with E-state index in [0.29, 0.717) is 56.5 Å². The van der Waals surface area contributed by atoms with Crippen LogP contribution in [-0.4, -0.2) is 80.0 Å². The molecule has 3 aromatic rings. The summed E-state index contributed by atoms with van der Waals surface area (Å²) in [4.78, 5) is 24.9. The van der Waals surface area contributed by atoms with Crippen LogP contribution in [0.2, 0.25) is 0 Å². The fourth-order valence-corrected chi connectivity index (χ4v) is 5.96. The number of amides is 1. The maximum atomic E-state index is 14.5. The molecule has 1 amide bonds. The molecule has 236 valence electrons. The molecular weight excluding hydrogens is 640 g/mol. The third kappa shape index (κ3) is 8.02. The van der Waals surface area contributed by atoms with E-state index >= 15 is 0 Å². The summed E-state index contributed by atoms with van der Waals surface area (Å²) in [5, 5.41) is 16.1. The van der Waals surface area contributed by atoms with Crippen LogP contribution < -0.4 is 10.1 Å². The zero-order chi connectivity index (χ0) is 31.5. The summed E-state index contributed by atoms with van der Waals surface area (Å²) in [7, 11) is 0. The summed E-state index contributed by atoms with van der Waals surface area (Å²) < 4.78 is 18.7. The number of morpholine rings is 1. The molecule has 2 heterocycles. The van der Waals surface area contributed by atoms with Crippen LogP contribution in [0.15, 0.2) is 87.4 Å². The van der Waals surface area contributed by atoms with E-state index in [2.05, 4.69) is 36.2 Å². The summed E-state index contributed by atoms with van der Waals surface area (Å²) in [5.41, 5.74) is 10.8. The van der Waals surface area contributed by atoms with E-state index in [0.717, 1.165) is 34.3 Å². The van der Waals surface area contributed by atoms with Gasteiger partial charge in [-0.2, -0.15) is 0 Å². The van der Waals surface area contributed by atoms with Crippen LogP contribution in [-0.2, 0) is 27.2 Å². The number of nitrogens with zero attached hydrogens (tertiary/aromatic N) is 5. The highest BCUT2D eigenvalue weighted by molar-refractivity contribution is 9.10. The number of aliphatic hydroxyl groups is 1. The molecule has 2 N–H and O–H groups in total. The van der Waals surface area contributed by atoms with Crippen molar-refractivity contribution in [1.82, 2.24) is 10.2 Å². The second-order valence-corrected chi connectivity index (χ2v) is 11.7. The minimum Gasteiger partial charge on any atom is -0.494 e. The highest BCUT2D eigenvalue weighted by Gasteiger charge is 2.54. The van der Waals surface area contributed by atoms with Crippen LogP contribution in [0.3, 0.4) is 0 Å². The van der Waals surface area contributed by atoms with Crippen LogP contribution in [0.4, 0.5) is 0 Å². The molecule has 12 heteroatoms. The first-order valence-electron chi connectivity index (χ1n) is 15.0. The monoisotopic (exact) mass is 676 g/mol. The highest BCUT2D eigenvalue weighted by Crippen LogP contribution is 2.44. The molecule has 0 bridgehead atoms. The normalized spacial score (nSPS) is 19.7. The third-order valence-corrected chi connectivity index (χ3v) is 8.68. The highest BCUT2D eigenvalue weighted by atomic mass is 79.9. The maximum Gasteiger partial charge on any atom is 0.252 e. The van der Waals surface area contributed by atoms with Gasteiger partial charge >= 0.3 is 0 Å². The molecule has 11 nitrogen and oxygen atoms in total. The van der Waals surface area contributed by atoms with Crippen molar-refractivity contribution in [3.05, 3.63) is 110 Å². The second-order valence-electron chi connectivity index (χ2n) is 10.9. The van der Waals surface area contributed by atoms with Gasteiger partial charge in [0.15, 0.2) is 11.6 Å². The van der Waals surface area contributed by atoms with Crippen LogP contribution in [0.25, 0.3) is 10.4 Å². The molecule has 0 saturated carbocycles. The number of halogens is 1. The first kappa shape index (κ1) is 32.5. The van der Waals surface area contributed by atoms with Gasteiger partial charge in [-0.25, -0.2) is 4.99 Å². The molecule has 0 radical (unpaired) electrons. The number of benzene rings is 3. The van der Waals surface area contributed by atoms with Gasteiger partial charge in [-0.1, -0.05) is 63.5 Å². The average molecular weight is 678 g/mol. The zero-order valence-corrected chi connectivity index (χ0v) is 26.6. The Labute approximate surface area is 271 Å². The number of aliphatic imine (C=N–C) groups is 1. The molecule has 0 aromatic heterocycles. The van der Waals surface area contributed by atoms with Gasteiger partial charge in [0.25, 0.3) is 5.91 Å². The number of ether oxygens (including phenoxy) is 3. The van der Waals surface area contributed by atoms with Crippen LogP contribution in [0.5, 0.6) is 5.75 Å². The second kappa shape index (κ2) is 15.9. The van der Waals surface area contributed by atoms with Crippen molar-refractivity contribution in [1.29, 1.82) is 0 Å². The van der Waals surface area contributed by atoms with Crippen molar-refractivity contribution >= 4 is 27.7 Å². The van der Waals surface area contributed by atoms with Crippen molar-refractivity contribution in [3.8, 4) is 5.75 Å². The van der Waals surface area contributed by atoms with Gasteiger partial charge in [0.05, 0.1) is 26.4 Å². The number of hydrogen-bond acceptors (Lipinski definition) is 8. The van der Waals surface area contributed by atoms with Crippen LogP contribution >= 0.6 is 15.9 Å². The number of nitrogens with one attached hydrogen (secondary N) is 1. The Morgan fingerprint density at radius 1 is 1.11 bits per heavy atom. The minimum atomic E-state index is -1.38. The smallest absolute Gasteiger partial charge is 0.252 e. The molecule has 2 aliphatic rings. The van der Waals surface area contributed by atoms with Gasteiger partial charge in [-0.15, -0.1) is 0 Å². The Morgan fingerprint density at radius 2 is 1.84 bits per heavy atom. The van der Waals surface area contributed by atoms with E-state index in [1.807, 2.05) is 72.8 Å². The van der Waals surface area contributed by atoms with Crippen molar-refractivity contribution in [2.45, 2.75) is 31.0 Å². The lowest BCUT2D eigenvalue weighted by atomic mass is 9.80. The summed E-state index contributed by atoms with van der Waals surface area (Å²) >= 11 is 3.68. The number of hydrogen-bond donors (Lipinski definition) is 2. The number of aliphatic hydroxyl groups excluding tert-OH is 1. The quantitative estimate of drug-likeness (QED) is 0.107. The molecule has 0 spiro atoms. The van der Waals surface area contributed by atoms with E-state index < -0.39 is 11.6 Å². The van der Waals surface area contributed by atoms with E-state index in [4.69, 9.17) is 29.8 Å². The van der Waals surface area contributed by atoms with E-state index in [1.54, 1.807) is 0 Å². The van der Waals surface area contributed by atoms with Gasteiger partial charge < -0.3 is 24.6 Å². The fraction of sp³-hybridized carbons (Fsp3) is 0.394. The Hall–Kier alpha value is -3.93. The van der Waals surface area contributed by atoms with Gasteiger partial charge in [0.2, 0.25) is 5.90 Å². The fourth-order valence-electron chi connectivity index (χ4n) is 5.54. The lowest BCUT2D eigenvalue weighted by Crippen LogP contribution is -2.52. The van der Waals surface area contributed by atoms with Crippen LogP contribution in [0, 0.1) is 0 Å². The van der Waals surface area contributed by atoms with Crippen molar-refractivity contribution in [2.24, 2.45) is 10.1 Å². The topological polar surface area (TPSA) is 141 Å².